The van der Waals surface area contributed by atoms with Crippen LogP contribution in [-0.4, -0.2) is 22.4 Å². The van der Waals surface area contributed by atoms with Crippen LogP contribution in [0, 0.1) is 11.8 Å². The second-order valence-electron chi connectivity index (χ2n) is 5.10. The number of unbranched alkanes of at least 4 members (excludes halogenated alkanes) is 8. The zero-order chi connectivity index (χ0) is 13.6. The molecule has 0 radical (unpaired) electrons. The van der Waals surface area contributed by atoms with E-state index in [1.165, 1.54) is 51.4 Å². The summed E-state index contributed by atoms with van der Waals surface area (Å²) in [4.78, 5) is 0. The van der Waals surface area contributed by atoms with Crippen LogP contribution >= 0.6 is 0 Å². The van der Waals surface area contributed by atoms with Gasteiger partial charge in [0.05, 0.1) is 0 Å². The molecule has 0 saturated carbocycles. The van der Waals surface area contributed by atoms with Crippen LogP contribution in [0.3, 0.4) is 0 Å². The summed E-state index contributed by atoms with van der Waals surface area (Å²) in [6, 6.07) is 0. The molecule has 0 aromatic carbocycles. The molecule has 0 aromatic rings. The summed E-state index contributed by atoms with van der Waals surface area (Å²) < 4.78 is 0. The molecule has 18 heavy (non-hydrogen) atoms. The molecular formula is C16H30O2. The van der Waals surface area contributed by atoms with E-state index in [4.69, 9.17) is 5.11 Å². The van der Waals surface area contributed by atoms with Crippen LogP contribution < -0.4 is 0 Å². The van der Waals surface area contributed by atoms with E-state index in [-0.39, 0.29) is 0 Å². The van der Waals surface area contributed by atoms with E-state index < -0.39 is 12.2 Å². The van der Waals surface area contributed by atoms with Crippen LogP contribution in [0.4, 0.5) is 0 Å². The van der Waals surface area contributed by atoms with Crippen molar-refractivity contribution in [3.05, 3.63) is 0 Å². The first-order valence-electron chi connectivity index (χ1n) is 7.54. The minimum atomic E-state index is -0.636. The quantitative estimate of drug-likeness (QED) is 0.461. The van der Waals surface area contributed by atoms with Crippen molar-refractivity contribution >= 4 is 0 Å². The van der Waals surface area contributed by atoms with Gasteiger partial charge < -0.3 is 10.2 Å². The Morgan fingerprint density at radius 3 is 1.78 bits per heavy atom. The zero-order valence-electron chi connectivity index (χ0n) is 12.1. The lowest BCUT2D eigenvalue weighted by Gasteiger charge is -2.04. The Labute approximate surface area is 113 Å². The van der Waals surface area contributed by atoms with E-state index in [0.717, 1.165) is 12.8 Å². The van der Waals surface area contributed by atoms with E-state index in [1.54, 1.807) is 6.92 Å². The number of aliphatic hydroxyl groups is 2. The fourth-order valence-corrected chi connectivity index (χ4v) is 1.94. The van der Waals surface area contributed by atoms with Gasteiger partial charge in [-0.15, -0.1) is 0 Å². The maximum atomic E-state index is 9.51. The third-order valence-electron chi connectivity index (χ3n) is 3.04. The third kappa shape index (κ3) is 13.5. The van der Waals surface area contributed by atoms with Crippen molar-refractivity contribution in [3.8, 4) is 11.8 Å². The van der Waals surface area contributed by atoms with Gasteiger partial charge in [-0.05, 0) is 19.8 Å². The van der Waals surface area contributed by atoms with Crippen LogP contribution in [0.25, 0.3) is 0 Å². The summed E-state index contributed by atoms with van der Waals surface area (Å²) in [6.45, 7) is 3.85. The maximum absolute atomic E-state index is 9.51. The Kier molecular flexibility index (Phi) is 12.6. The van der Waals surface area contributed by atoms with E-state index in [2.05, 4.69) is 18.8 Å². The van der Waals surface area contributed by atoms with Gasteiger partial charge in [0, 0.05) is 0 Å². The summed E-state index contributed by atoms with van der Waals surface area (Å²) in [6.07, 6.45) is 11.1. The molecule has 0 aliphatic carbocycles. The van der Waals surface area contributed by atoms with Gasteiger partial charge >= 0.3 is 0 Å². The topological polar surface area (TPSA) is 40.5 Å². The average molecular weight is 254 g/mol. The van der Waals surface area contributed by atoms with Gasteiger partial charge in [0.2, 0.25) is 0 Å². The van der Waals surface area contributed by atoms with E-state index in [9.17, 15) is 5.11 Å². The van der Waals surface area contributed by atoms with Crippen molar-refractivity contribution in [2.24, 2.45) is 0 Å². The van der Waals surface area contributed by atoms with Crippen molar-refractivity contribution < 1.29 is 10.2 Å². The van der Waals surface area contributed by atoms with Gasteiger partial charge in [-0.3, -0.25) is 0 Å². The van der Waals surface area contributed by atoms with Crippen molar-refractivity contribution in [1.82, 2.24) is 0 Å². The second kappa shape index (κ2) is 12.9. The minimum Gasteiger partial charge on any atom is -0.381 e. The van der Waals surface area contributed by atoms with Crippen LogP contribution in [-0.2, 0) is 0 Å². The molecule has 0 aromatic heterocycles. The molecule has 0 bridgehead atoms. The van der Waals surface area contributed by atoms with E-state index >= 15 is 0 Å². The lowest BCUT2D eigenvalue weighted by molar-refractivity contribution is 0.214. The predicted molar refractivity (Wildman–Crippen MR) is 77.3 cm³/mol. The molecule has 0 aliphatic heterocycles. The summed E-state index contributed by atoms with van der Waals surface area (Å²) in [7, 11) is 0. The van der Waals surface area contributed by atoms with Crippen LogP contribution in [0.2, 0.25) is 0 Å². The van der Waals surface area contributed by atoms with Crippen LogP contribution in [0.1, 0.15) is 78.1 Å². The first-order chi connectivity index (χ1) is 8.66. The number of hydrogen-bond donors (Lipinski definition) is 2. The second-order valence-corrected chi connectivity index (χ2v) is 5.10. The highest BCUT2D eigenvalue weighted by Crippen LogP contribution is 2.11. The SMILES string of the molecule is CCCCCCCCCCCC(O)C#CC(C)O. The smallest absolute Gasteiger partial charge is 0.114 e. The van der Waals surface area contributed by atoms with Gasteiger partial charge in [0.25, 0.3) is 0 Å². The highest BCUT2D eigenvalue weighted by Gasteiger charge is 1.99. The molecule has 0 fully saturated rings. The van der Waals surface area contributed by atoms with Crippen LogP contribution in [0.5, 0.6) is 0 Å². The Morgan fingerprint density at radius 1 is 0.778 bits per heavy atom. The molecule has 0 rings (SSSR count). The predicted octanol–water partition coefficient (Wildman–Crippen LogP) is 3.65. The Bertz CT molecular complexity index is 225. The minimum absolute atomic E-state index is 0.566. The first kappa shape index (κ1) is 17.5. The molecule has 2 unspecified atom stereocenters. The van der Waals surface area contributed by atoms with Crippen molar-refractivity contribution in [2.75, 3.05) is 0 Å². The fourth-order valence-electron chi connectivity index (χ4n) is 1.94. The number of hydrogen-bond acceptors (Lipinski definition) is 2. The Balaban J connectivity index is 3.23. The molecule has 2 heteroatoms. The Morgan fingerprint density at radius 2 is 1.28 bits per heavy atom. The molecule has 0 amide bonds. The van der Waals surface area contributed by atoms with Gasteiger partial charge in [-0.2, -0.15) is 0 Å². The molecule has 2 N–H and O–H groups in total. The molecule has 0 saturated heterocycles. The lowest BCUT2D eigenvalue weighted by atomic mass is 10.1. The molecule has 0 heterocycles. The summed E-state index contributed by atoms with van der Waals surface area (Å²) >= 11 is 0. The molecule has 106 valence electrons. The van der Waals surface area contributed by atoms with Crippen LogP contribution in [0.15, 0.2) is 0 Å². The molecule has 2 nitrogen and oxygen atoms in total. The molecule has 2 atom stereocenters. The van der Waals surface area contributed by atoms with Crippen molar-refractivity contribution in [2.45, 2.75) is 90.3 Å². The lowest BCUT2D eigenvalue weighted by Crippen LogP contribution is -2.04. The van der Waals surface area contributed by atoms with E-state index in [0.29, 0.717) is 0 Å². The standard InChI is InChI=1S/C16H30O2/c1-3-4-5-6-7-8-9-10-11-12-16(18)14-13-15(2)17/h15-18H,3-12H2,1-2H3. The van der Waals surface area contributed by atoms with Gasteiger partial charge in [0.1, 0.15) is 12.2 Å². The van der Waals surface area contributed by atoms with Gasteiger partial charge in [0.15, 0.2) is 0 Å². The highest BCUT2D eigenvalue weighted by molar-refractivity contribution is 5.07. The maximum Gasteiger partial charge on any atom is 0.114 e. The number of rotatable bonds is 10. The largest absolute Gasteiger partial charge is 0.381 e. The van der Waals surface area contributed by atoms with Gasteiger partial charge in [-0.1, -0.05) is 70.1 Å². The van der Waals surface area contributed by atoms with Crippen molar-refractivity contribution in [1.29, 1.82) is 0 Å². The monoisotopic (exact) mass is 254 g/mol. The first-order valence-corrected chi connectivity index (χ1v) is 7.54. The summed E-state index contributed by atoms with van der Waals surface area (Å²) in [5, 5.41) is 18.5. The summed E-state index contributed by atoms with van der Waals surface area (Å²) in [5.74, 6) is 5.24. The van der Waals surface area contributed by atoms with Gasteiger partial charge in [-0.25, -0.2) is 0 Å². The molecular weight excluding hydrogens is 224 g/mol. The van der Waals surface area contributed by atoms with E-state index in [1.807, 2.05) is 0 Å². The molecule has 0 spiro atoms. The third-order valence-corrected chi connectivity index (χ3v) is 3.04. The fraction of sp³-hybridized carbons (Fsp3) is 0.875. The average Bonchev–Trinajstić information content (AvgIpc) is 2.34. The molecule has 0 aliphatic rings. The Hall–Kier alpha value is -0.520. The zero-order valence-corrected chi connectivity index (χ0v) is 12.1. The summed E-state index contributed by atoms with van der Waals surface area (Å²) in [5.41, 5.74) is 0. The highest BCUT2D eigenvalue weighted by atomic mass is 16.3. The number of aliphatic hydroxyl groups excluding tert-OH is 2. The normalized spacial score (nSPS) is 13.8. The van der Waals surface area contributed by atoms with Crippen molar-refractivity contribution in [3.63, 3.8) is 0 Å².